The van der Waals surface area contributed by atoms with Gasteiger partial charge in [0, 0.05) is 32.5 Å². The fourth-order valence-electron chi connectivity index (χ4n) is 3.49. The first-order valence-corrected chi connectivity index (χ1v) is 10.7. The fourth-order valence-corrected chi connectivity index (χ4v) is 3.49. The molecule has 172 valence electrons. The molecule has 0 saturated carbocycles. The molecule has 1 N–H and O–H groups in total. The van der Waals surface area contributed by atoms with Gasteiger partial charge in [-0.25, -0.2) is 8.78 Å². The van der Waals surface area contributed by atoms with Crippen LogP contribution in [0.15, 0.2) is 53.7 Å². The number of rotatable bonds is 11. The van der Waals surface area contributed by atoms with Crippen LogP contribution in [0.25, 0.3) is 0 Å². The minimum absolute atomic E-state index is 0.0956. The van der Waals surface area contributed by atoms with Gasteiger partial charge in [0.15, 0.2) is 0 Å². The molecule has 0 unspecified atom stereocenters. The Kier molecular flexibility index (Phi) is 8.70. The second-order valence-electron chi connectivity index (χ2n) is 7.88. The third kappa shape index (κ3) is 7.39. The van der Waals surface area contributed by atoms with Crippen LogP contribution in [0, 0.1) is 11.6 Å². The van der Waals surface area contributed by atoms with Crippen LogP contribution in [0.1, 0.15) is 37.3 Å². The van der Waals surface area contributed by atoms with E-state index in [-0.39, 0.29) is 36.9 Å². The topological polar surface area (TPSA) is 71.4 Å². The fraction of sp³-hybridized carbons (Fsp3) is 0.417. The summed E-state index contributed by atoms with van der Waals surface area (Å²) in [6.45, 7) is 2.92. The molecule has 1 heterocycles. The van der Waals surface area contributed by atoms with E-state index in [0.717, 1.165) is 16.8 Å². The number of hydrogen-bond acceptors (Lipinski definition) is 6. The van der Waals surface area contributed by atoms with Crippen molar-refractivity contribution < 1.29 is 28.3 Å². The van der Waals surface area contributed by atoms with Gasteiger partial charge in [-0.2, -0.15) is 0 Å². The van der Waals surface area contributed by atoms with Crippen molar-refractivity contribution in [1.82, 2.24) is 4.90 Å². The smallest absolute Gasteiger partial charge is 0.305 e. The number of nitrogens with zero attached hydrogens (tertiary/aromatic N) is 2. The average Bonchev–Trinajstić information content (AvgIpc) is 3.23. The van der Waals surface area contributed by atoms with Gasteiger partial charge in [-0.05, 0) is 41.8 Å². The van der Waals surface area contributed by atoms with E-state index in [4.69, 9.17) is 9.57 Å². The number of ether oxygens (including phenoxy) is 1. The predicted molar refractivity (Wildman–Crippen MR) is 116 cm³/mol. The Balaban J connectivity index is 1.59. The number of aliphatic hydroxyl groups is 1. The lowest BCUT2D eigenvalue weighted by Gasteiger charge is -2.27. The van der Waals surface area contributed by atoms with Crippen LogP contribution in [0.4, 0.5) is 8.78 Å². The molecule has 32 heavy (non-hydrogen) atoms. The van der Waals surface area contributed by atoms with Crippen molar-refractivity contribution in [2.45, 2.75) is 44.9 Å². The van der Waals surface area contributed by atoms with Gasteiger partial charge in [0.2, 0.25) is 0 Å². The van der Waals surface area contributed by atoms with Crippen LogP contribution in [0.2, 0.25) is 0 Å². The van der Waals surface area contributed by atoms with Gasteiger partial charge in [0.05, 0.1) is 5.71 Å². The summed E-state index contributed by atoms with van der Waals surface area (Å²) in [5.74, 6) is -0.975. The molecule has 0 aromatic heterocycles. The summed E-state index contributed by atoms with van der Waals surface area (Å²) in [4.78, 5) is 19.1. The Bertz CT molecular complexity index is 903. The van der Waals surface area contributed by atoms with Crippen molar-refractivity contribution in [2.24, 2.45) is 5.16 Å². The maximum Gasteiger partial charge on any atom is 0.305 e. The second-order valence-corrected chi connectivity index (χ2v) is 7.88. The Labute approximate surface area is 186 Å². The molecule has 8 heteroatoms. The third-order valence-corrected chi connectivity index (χ3v) is 5.05. The van der Waals surface area contributed by atoms with Crippen LogP contribution in [0.5, 0.6) is 0 Å². The lowest BCUT2D eigenvalue weighted by atomic mass is 10.0. The minimum Gasteiger partial charge on any atom is -0.463 e. The molecule has 2 aromatic rings. The first kappa shape index (κ1) is 23.8. The zero-order valence-corrected chi connectivity index (χ0v) is 18.0. The van der Waals surface area contributed by atoms with Crippen molar-refractivity contribution in [3.8, 4) is 0 Å². The van der Waals surface area contributed by atoms with E-state index in [1.807, 2.05) is 11.8 Å². The molecule has 0 bridgehead atoms. The van der Waals surface area contributed by atoms with Gasteiger partial charge in [-0.1, -0.05) is 36.3 Å². The van der Waals surface area contributed by atoms with Crippen molar-refractivity contribution >= 4 is 11.7 Å². The predicted octanol–water partition coefficient (Wildman–Crippen LogP) is 3.66. The molecule has 0 radical (unpaired) electrons. The highest BCUT2D eigenvalue weighted by atomic mass is 19.1. The molecule has 6 nitrogen and oxygen atoms in total. The van der Waals surface area contributed by atoms with E-state index in [1.54, 1.807) is 24.3 Å². The molecule has 0 aliphatic carbocycles. The first-order valence-electron chi connectivity index (χ1n) is 10.7. The molecule has 1 aliphatic heterocycles. The van der Waals surface area contributed by atoms with E-state index in [9.17, 15) is 18.7 Å². The summed E-state index contributed by atoms with van der Waals surface area (Å²) in [6.07, 6.45) is 0.389. The number of carbonyl (C=O) groups excluding carboxylic acids is 1. The largest absolute Gasteiger partial charge is 0.463 e. The summed E-state index contributed by atoms with van der Waals surface area (Å²) in [7, 11) is 0. The highest BCUT2D eigenvalue weighted by Crippen LogP contribution is 2.19. The van der Waals surface area contributed by atoms with Crippen molar-refractivity contribution in [1.29, 1.82) is 0 Å². The molecule has 3 rings (SSSR count). The number of aliphatic hydroxyl groups excluding tert-OH is 1. The number of esters is 1. The second kappa shape index (κ2) is 11.7. The van der Waals surface area contributed by atoms with Crippen LogP contribution in [-0.2, 0) is 20.9 Å². The van der Waals surface area contributed by atoms with Crippen molar-refractivity contribution in [2.75, 3.05) is 19.7 Å². The molecule has 1 aliphatic rings. The Morgan fingerprint density at radius 3 is 2.50 bits per heavy atom. The number of hydrogen-bond donors (Lipinski definition) is 1. The Morgan fingerprint density at radius 2 is 1.84 bits per heavy atom. The van der Waals surface area contributed by atoms with Gasteiger partial charge >= 0.3 is 5.97 Å². The molecular weight excluding hydrogens is 418 g/mol. The van der Waals surface area contributed by atoms with Crippen LogP contribution < -0.4 is 0 Å². The Hall–Kier alpha value is -2.84. The van der Waals surface area contributed by atoms with Crippen molar-refractivity contribution in [3.05, 3.63) is 71.3 Å². The molecule has 0 spiro atoms. The summed E-state index contributed by atoms with van der Waals surface area (Å²) in [6, 6.07) is 12.2. The van der Waals surface area contributed by atoms with Gasteiger partial charge < -0.3 is 14.7 Å². The quantitative estimate of drug-likeness (QED) is 0.534. The standard InChI is InChI=1S/C24H28F2N2O4/c1-2-3-24(30)31-16-21(29)14-28(13-17-4-8-19(25)9-5-17)15-22-12-23(27-32-22)18-6-10-20(26)11-7-18/h4-11,21-22,29H,2-3,12-16H2,1H3/t21-,22-/m1/s1. The number of oxime groups is 1. The molecule has 2 atom stereocenters. The first-order chi connectivity index (χ1) is 15.4. The lowest BCUT2D eigenvalue weighted by molar-refractivity contribution is -0.147. The zero-order valence-electron chi connectivity index (χ0n) is 18.0. The van der Waals surface area contributed by atoms with Gasteiger partial charge in [-0.15, -0.1) is 0 Å². The number of carbonyl (C=O) groups is 1. The molecule has 0 fully saturated rings. The van der Waals surface area contributed by atoms with E-state index in [2.05, 4.69) is 5.16 Å². The Morgan fingerprint density at radius 1 is 1.19 bits per heavy atom. The summed E-state index contributed by atoms with van der Waals surface area (Å²) < 4.78 is 31.6. The summed E-state index contributed by atoms with van der Waals surface area (Å²) >= 11 is 0. The lowest BCUT2D eigenvalue weighted by Crippen LogP contribution is -2.39. The van der Waals surface area contributed by atoms with Crippen LogP contribution in [0.3, 0.4) is 0 Å². The van der Waals surface area contributed by atoms with Crippen LogP contribution in [-0.4, -0.2) is 53.6 Å². The minimum atomic E-state index is -0.879. The highest BCUT2D eigenvalue weighted by Gasteiger charge is 2.26. The SMILES string of the molecule is CCCC(=O)OC[C@H](O)CN(Cc1ccc(F)cc1)C[C@H]1CC(c2ccc(F)cc2)=NO1. The number of halogens is 2. The maximum atomic E-state index is 13.3. The van der Waals surface area contributed by atoms with E-state index in [0.29, 0.717) is 32.4 Å². The maximum absolute atomic E-state index is 13.3. The van der Waals surface area contributed by atoms with Gasteiger partial charge in [0.1, 0.15) is 30.4 Å². The van der Waals surface area contributed by atoms with Crippen LogP contribution >= 0.6 is 0 Å². The highest BCUT2D eigenvalue weighted by molar-refractivity contribution is 6.01. The molecular formula is C24H28F2N2O4. The van der Waals surface area contributed by atoms with E-state index < -0.39 is 6.10 Å². The molecule has 0 saturated heterocycles. The van der Waals surface area contributed by atoms with Gasteiger partial charge in [-0.3, -0.25) is 9.69 Å². The third-order valence-electron chi connectivity index (χ3n) is 5.05. The van der Waals surface area contributed by atoms with E-state index in [1.165, 1.54) is 24.3 Å². The zero-order chi connectivity index (χ0) is 22.9. The summed E-state index contributed by atoms with van der Waals surface area (Å²) in [5.41, 5.74) is 2.40. The monoisotopic (exact) mass is 446 g/mol. The average molecular weight is 446 g/mol. The van der Waals surface area contributed by atoms with Gasteiger partial charge in [0.25, 0.3) is 0 Å². The normalized spacial score (nSPS) is 16.5. The molecule has 0 amide bonds. The van der Waals surface area contributed by atoms with E-state index >= 15 is 0 Å². The van der Waals surface area contributed by atoms with Crippen molar-refractivity contribution in [3.63, 3.8) is 0 Å². The summed E-state index contributed by atoms with van der Waals surface area (Å²) in [5, 5.41) is 14.5. The molecule has 2 aromatic carbocycles. The number of benzene rings is 2.